The molecule has 0 fully saturated rings. The number of nitrogens with zero attached hydrogens (tertiary/aromatic N) is 1. The van der Waals surface area contributed by atoms with E-state index < -0.39 is 6.61 Å². The van der Waals surface area contributed by atoms with Crippen molar-refractivity contribution in [1.29, 1.82) is 0 Å². The van der Waals surface area contributed by atoms with Crippen LogP contribution in [0.5, 0.6) is 11.5 Å². The Kier molecular flexibility index (Phi) is 5.82. The highest BCUT2D eigenvalue weighted by molar-refractivity contribution is 7.99. The minimum Gasteiger partial charge on any atom is -0.507 e. The summed E-state index contributed by atoms with van der Waals surface area (Å²) in [7, 11) is 0. The molecule has 4 aromatic carbocycles. The Balaban J connectivity index is 1.56. The average Bonchev–Trinajstić information content (AvgIpc) is 3.14. The fraction of sp³-hybridized carbons (Fsp3) is 0.107. The predicted octanol–water partition coefficient (Wildman–Crippen LogP) is 8.90. The Bertz CT molecular complexity index is 1650. The van der Waals surface area contributed by atoms with Crippen LogP contribution in [0.3, 0.4) is 0 Å². The van der Waals surface area contributed by atoms with Crippen LogP contribution in [0, 0.1) is 0 Å². The zero-order chi connectivity index (χ0) is 24.8. The third kappa shape index (κ3) is 4.08. The van der Waals surface area contributed by atoms with Gasteiger partial charge < -0.3 is 14.3 Å². The molecule has 5 aromatic rings. The number of fused-ring (bicyclic) bond motifs is 4. The molecule has 0 bridgehead atoms. The molecular weight excluding hydrogens is 504 g/mol. The van der Waals surface area contributed by atoms with Gasteiger partial charge in [-0.15, -0.1) is 11.8 Å². The van der Waals surface area contributed by atoms with Gasteiger partial charge in [0.1, 0.15) is 11.3 Å². The SMILES string of the molecule is Oc1cc(Cl)ccc1C1=Nc2ccccc2SC(c2ccc(OC(F)F)c3oc4ccccc4c23)C1. The number of thioether (sulfide) groups is 1. The van der Waals surface area contributed by atoms with Crippen molar-refractivity contribution in [1.82, 2.24) is 0 Å². The Morgan fingerprint density at radius 1 is 1.03 bits per heavy atom. The van der Waals surface area contributed by atoms with Crippen molar-refractivity contribution in [2.24, 2.45) is 4.99 Å². The number of benzene rings is 4. The van der Waals surface area contributed by atoms with Crippen molar-refractivity contribution < 1.29 is 23.0 Å². The van der Waals surface area contributed by atoms with Crippen LogP contribution >= 0.6 is 23.4 Å². The van der Waals surface area contributed by atoms with E-state index in [4.69, 9.17) is 25.7 Å². The van der Waals surface area contributed by atoms with E-state index in [2.05, 4.69) is 0 Å². The smallest absolute Gasteiger partial charge is 0.387 e. The van der Waals surface area contributed by atoms with Crippen molar-refractivity contribution in [3.05, 3.63) is 95.0 Å². The van der Waals surface area contributed by atoms with Crippen molar-refractivity contribution in [2.45, 2.75) is 23.2 Å². The summed E-state index contributed by atoms with van der Waals surface area (Å²) >= 11 is 7.71. The van der Waals surface area contributed by atoms with E-state index in [1.54, 1.807) is 30.0 Å². The average molecular weight is 522 g/mol. The van der Waals surface area contributed by atoms with Crippen LogP contribution in [-0.4, -0.2) is 17.4 Å². The van der Waals surface area contributed by atoms with Crippen molar-refractivity contribution in [2.75, 3.05) is 0 Å². The first-order valence-electron chi connectivity index (χ1n) is 11.2. The van der Waals surface area contributed by atoms with Crippen LogP contribution in [0.4, 0.5) is 14.5 Å². The van der Waals surface area contributed by atoms with Crippen molar-refractivity contribution in [3.63, 3.8) is 0 Å². The van der Waals surface area contributed by atoms with Crippen LogP contribution in [0.15, 0.2) is 93.2 Å². The lowest BCUT2D eigenvalue weighted by atomic mass is 9.97. The maximum absolute atomic E-state index is 13.2. The maximum Gasteiger partial charge on any atom is 0.387 e. The molecule has 1 aromatic heterocycles. The Morgan fingerprint density at radius 2 is 1.83 bits per heavy atom. The van der Waals surface area contributed by atoms with Crippen LogP contribution in [0.1, 0.15) is 22.8 Å². The second-order valence-corrected chi connectivity index (χ2v) is 10.0. The topological polar surface area (TPSA) is 55.0 Å². The Morgan fingerprint density at radius 3 is 2.67 bits per heavy atom. The third-order valence-electron chi connectivity index (χ3n) is 6.12. The van der Waals surface area contributed by atoms with Gasteiger partial charge in [-0.3, -0.25) is 4.99 Å². The number of hydrogen-bond acceptors (Lipinski definition) is 5. The molecule has 4 nitrogen and oxygen atoms in total. The number of hydrogen-bond donors (Lipinski definition) is 1. The van der Waals surface area contributed by atoms with Crippen LogP contribution in [0.25, 0.3) is 21.9 Å². The number of furan rings is 1. The van der Waals surface area contributed by atoms with E-state index in [-0.39, 0.29) is 22.3 Å². The fourth-order valence-corrected chi connectivity index (χ4v) is 6.02. The number of alkyl halides is 2. The molecule has 0 saturated carbocycles. The maximum atomic E-state index is 13.2. The summed E-state index contributed by atoms with van der Waals surface area (Å²) in [6.07, 6.45) is 0.470. The summed E-state index contributed by atoms with van der Waals surface area (Å²) in [4.78, 5) is 5.88. The van der Waals surface area contributed by atoms with E-state index in [0.717, 1.165) is 26.9 Å². The van der Waals surface area contributed by atoms with Gasteiger partial charge in [0.25, 0.3) is 0 Å². The molecule has 1 aliphatic rings. The molecule has 180 valence electrons. The molecule has 36 heavy (non-hydrogen) atoms. The van der Waals surface area contributed by atoms with Gasteiger partial charge in [-0.25, -0.2) is 0 Å². The van der Waals surface area contributed by atoms with Gasteiger partial charge in [0, 0.05) is 37.9 Å². The second kappa shape index (κ2) is 9.15. The highest BCUT2D eigenvalue weighted by Gasteiger charge is 2.28. The lowest BCUT2D eigenvalue weighted by molar-refractivity contribution is -0.0493. The summed E-state index contributed by atoms with van der Waals surface area (Å²) in [6.45, 7) is -2.97. The molecule has 1 atom stereocenters. The van der Waals surface area contributed by atoms with Gasteiger partial charge in [-0.05, 0) is 48.0 Å². The van der Waals surface area contributed by atoms with E-state index >= 15 is 0 Å². The van der Waals surface area contributed by atoms with Gasteiger partial charge in [0.05, 0.1) is 11.4 Å². The number of halogens is 3. The lowest BCUT2D eigenvalue weighted by Gasteiger charge is -2.18. The Hall–Kier alpha value is -3.55. The number of phenols is 1. The van der Waals surface area contributed by atoms with Crippen LogP contribution < -0.4 is 4.74 Å². The van der Waals surface area contributed by atoms with Crippen LogP contribution in [-0.2, 0) is 0 Å². The number of ether oxygens (including phenoxy) is 1. The van der Waals surface area contributed by atoms with Gasteiger partial charge in [-0.2, -0.15) is 8.78 Å². The largest absolute Gasteiger partial charge is 0.507 e. The zero-order valence-electron chi connectivity index (χ0n) is 18.6. The first-order valence-corrected chi connectivity index (χ1v) is 12.4. The second-order valence-electron chi connectivity index (χ2n) is 8.33. The van der Waals surface area contributed by atoms with Crippen molar-refractivity contribution in [3.8, 4) is 11.5 Å². The first kappa shape index (κ1) is 22.9. The molecule has 1 N–H and O–H groups in total. The van der Waals surface area contributed by atoms with Gasteiger partial charge in [0.15, 0.2) is 11.3 Å². The quantitative estimate of drug-likeness (QED) is 0.256. The molecule has 1 unspecified atom stereocenters. The standard InChI is InChI=1S/C28H18ClF2NO3S/c29-15-9-10-16(21(33)13-15)20-14-25(36-24-8-4-2-6-19(24)32-20)18-11-12-23(35-28(30)31)27-26(18)17-5-1-3-7-22(17)34-27/h1-13,25,28,33H,14H2. The number of phenolic OH excluding ortho intramolecular Hbond substituents is 1. The highest BCUT2D eigenvalue weighted by Crippen LogP contribution is 2.50. The lowest BCUT2D eigenvalue weighted by Crippen LogP contribution is -2.07. The van der Waals surface area contributed by atoms with Crippen molar-refractivity contribution >= 4 is 56.7 Å². The minimum atomic E-state index is -2.97. The molecule has 0 aliphatic carbocycles. The normalized spacial score (nSPS) is 15.7. The predicted molar refractivity (Wildman–Crippen MR) is 139 cm³/mol. The molecular formula is C28H18ClF2NO3S. The molecule has 2 heterocycles. The molecule has 1 aliphatic heterocycles. The van der Waals surface area contributed by atoms with E-state index in [0.29, 0.717) is 28.3 Å². The third-order valence-corrected chi connectivity index (χ3v) is 7.66. The summed E-state index contributed by atoms with van der Waals surface area (Å²) in [5.41, 5.74) is 3.84. The molecule has 0 saturated heterocycles. The molecule has 6 rings (SSSR count). The van der Waals surface area contributed by atoms with E-state index in [1.165, 1.54) is 12.1 Å². The zero-order valence-corrected chi connectivity index (χ0v) is 20.2. The summed E-state index contributed by atoms with van der Waals surface area (Å²) in [5, 5.41) is 12.5. The molecule has 8 heteroatoms. The monoisotopic (exact) mass is 521 g/mol. The van der Waals surface area contributed by atoms with Gasteiger partial charge in [0.2, 0.25) is 0 Å². The van der Waals surface area contributed by atoms with E-state index in [1.807, 2.05) is 48.5 Å². The summed E-state index contributed by atoms with van der Waals surface area (Å²) in [5.74, 6) is 0.0344. The van der Waals surface area contributed by atoms with Gasteiger partial charge >= 0.3 is 6.61 Å². The minimum absolute atomic E-state index is 0.0109. The number of aromatic hydroxyl groups is 1. The van der Waals surface area contributed by atoms with E-state index in [9.17, 15) is 13.9 Å². The highest BCUT2D eigenvalue weighted by atomic mass is 35.5. The number of rotatable bonds is 4. The summed E-state index contributed by atoms with van der Waals surface area (Å²) in [6, 6.07) is 23.5. The van der Waals surface area contributed by atoms with Crippen LogP contribution in [0.2, 0.25) is 5.02 Å². The van der Waals surface area contributed by atoms with Gasteiger partial charge in [-0.1, -0.05) is 48.0 Å². The molecule has 0 radical (unpaired) electrons. The summed E-state index contributed by atoms with van der Waals surface area (Å²) < 4.78 is 37.1. The fourth-order valence-electron chi connectivity index (χ4n) is 4.59. The number of para-hydroxylation sites is 2. The number of aliphatic imine (C=N–C) groups is 1. The first-order chi connectivity index (χ1) is 17.5. The molecule has 0 amide bonds. The Labute approximate surface area is 214 Å². The molecule has 0 spiro atoms.